The van der Waals surface area contributed by atoms with Crippen LogP contribution in [0.2, 0.25) is 5.02 Å². The van der Waals surface area contributed by atoms with Gasteiger partial charge in [0.25, 0.3) is 11.5 Å². The molecule has 28 heavy (non-hydrogen) atoms. The molecule has 1 unspecified atom stereocenters. The summed E-state index contributed by atoms with van der Waals surface area (Å²) in [5, 5.41) is 2.25. The molecule has 0 aliphatic carbocycles. The van der Waals surface area contributed by atoms with Crippen LogP contribution in [0.1, 0.15) is 36.5 Å². The Balaban J connectivity index is 1.97. The number of nitrogens with zero attached hydrogens (tertiary/aromatic N) is 3. The van der Waals surface area contributed by atoms with Crippen LogP contribution in [-0.4, -0.2) is 21.3 Å². The largest absolute Gasteiger partial charge is 0.280 e. The lowest BCUT2D eigenvalue weighted by atomic mass is 10.1. The molecule has 1 aliphatic heterocycles. The fourth-order valence-electron chi connectivity index (χ4n) is 3.28. The van der Waals surface area contributed by atoms with Crippen LogP contribution in [0, 0.1) is 0 Å². The van der Waals surface area contributed by atoms with Crippen molar-refractivity contribution in [1.82, 2.24) is 9.66 Å². The van der Waals surface area contributed by atoms with Crippen molar-refractivity contribution in [3.8, 4) is 0 Å². The van der Waals surface area contributed by atoms with Crippen LogP contribution in [-0.2, 0) is 4.79 Å². The SMILES string of the molecule is CC(C)c1nc2ccc(Br)cc2c(=O)n1N1C(=O)CSC1c1cccc(Cl)c1. The second kappa shape index (κ2) is 7.54. The fourth-order valence-corrected chi connectivity index (χ4v) is 4.96. The predicted molar refractivity (Wildman–Crippen MR) is 118 cm³/mol. The van der Waals surface area contributed by atoms with Crippen LogP contribution >= 0.6 is 39.3 Å². The van der Waals surface area contributed by atoms with E-state index >= 15 is 0 Å². The smallest absolute Gasteiger partial charge is 0.272 e. The zero-order valence-corrected chi connectivity index (χ0v) is 18.4. The molecule has 3 aromatic rings. The van der Waals surface area contributed by atoms with E-state index in [0.29, 0.717) is 21.7 Å². The number of hydrogen-bond acceptors (Lipinski definition) is 4. The summed E-state index contributed by atoms with van der Waals surface area (Å²) in [6.07, 6.45) is 0. The van der Waals surface area contributed by atoms with Crippen LogP contribution < -0.4 is 10.6 Å². The van der Waals surface area contributed by atoms with E-state index in [1.54, 1.807) is 12.1 Å². The number of hydrogen-bond donors (Lipinski definition) is 0. The molecule has 1 amide bonds. The first-order valence-corrected chi connectivity index (χ1v) is 11.0. The normalized spacial score (nSPS) is 17.1. The molecule has 8 heteroatoms. The minimum Gasteiger partial charge on any atom is -0.272 e. The van der Waals surface area contributed by atoms with Crippen molar-refractivity contribution in [2.45, 2.75) is 25.1 Å². The number of halogens is 2. The van der Waals surface area contributed by atoms with Gasteiger partial charge < -0.3 is 0 Å². The molecule has 5 nitrogen and oxygen atoms in total. The molecule has 0 saturated carbocycles. The Hall–Kier alpha value is -1.83. The molecule has 2 aromatic carbocycles. The van der Waals surface area contributed by atoms with Gasteiger partial charge in [-0.3, -0.25) is 9.59 Å². The van der Waals surface area contributed by atoms with Gasteiger partial charge >= 0.3 is 0 Å². The maximum absolute atomic E-state index is 13.5. The Bertz CT molecular complexity index is 1150. The van der Waals surface area contributed by atoms with Gasteiger partial charge in [-0.25, -0.2) is 9.99 Å². The first-order chi connectivity index (χ1) is 13.4. The number of amides is 1. The Morgan fingerprint density at radius 1 is 1.21 bits per heavy atom. The molecule has 144 valence electrons. The van der Waals surface area contributed by atoms with E-state index in [1.165, 1.54) is 21.4 Å². The molecule has 0 spiro atoms. The van der Waals surface area contributed by atoms with E-state index in [9.17, 15) is 9.59 Å². The number of carbonyl (C=O) groups is 1. The minimum atomic E-state index is -0.340. The Morgan fingerprint density at radius 2 is 2.00 bits per heavy atom. The van der Waals surface area contributed by atoms with Gasteiger partial charge in [-0.15, -0.1) is 11.8 Å². The van der Waals surface area contributed by atoms with Gasteiger partial charge in [-0.05, 0) is 35.9 Å². The van der Waals surface area contributed by atoms with E-state index in [4.69, 9.17) is 16.6 Å². The number of carbonyl (C=O) groups excluding carboxylic acids is 1. The van der Waals surface area contributed by atoms with E-state index in [1.807, 2.05) is 44.2 Å². The van der Waals surface area contributed by atoms with Crippen molar-refractivity contribution >= 4 is 56.1 Å². The quantitative estimate of drug-likeness (QED) is 0.540. The molecule has 1 atom stereocenters. The molecule has 1 aliphatic rings. The summed E-state index contributed by atoms with van der Waals surface area (Å²) in [6, 6.07) is 12.8. The lowest BCUT2D eigenvalue weighted by Crippen LogP contribution is -2.47. The summed E-state index contributed by atoms with van der Waals surface area (Å²) in [7, 11) is 0. The molecule has 0 N–H and O–H groups in total. The number of thioether (sulfide) groups is 1. The maximum Gasteiger partial charge on any atom is 0.280 e. The van der Waals surface area contributed by atoms with Gasteiger partial charge in [-0.2, -0.15) is 4.68 Å². The highest BCUT2D eigenvalue weighted by atomic mass is 79.9. The van der Waals surface area contributed by atoms with Crippen LogP contribution in [0.3, 0.4) is 0 Å². The molecule has 0 radical (unpaired) electrons. The van der Waals surface area contributed by atoms with Gasteiger partial charge in [0.15, 0.2) is 0 Å². The van der Waals surface area contributed by atoms with Crippen LogP contribution in [0.15, 0.2) is 51.7 Å². The number of benzene rings is 2. The minimum absolute atomic E-state index is 0.0424. The van der Waals surface area contributed by atoms with Gasteiger partial charge in [0.2, 0.25) is 0 Å². The maximum atomic E-state index is 13.5. The third kappa shape index (κ3) is 3.36. The molecule has 1 saturated heterocycles. The van der Waals surface area contributed by atoms with E-state index in [-0.39, 0.29) is 28.5 Å². The average molecular weight is 479 g/mol. The zero-order valence-electron chi connectivity index (χ0n) is 15.2. The van der Waals surface area contributed by atoms with Crippen LogP contribution in [0.5, 0.6) is 0 Å². The third-order valence-corrected chi connectivity index (χ3v) is 6.47. The molecule has 2 heterocycles. The van der Waals surface area contributed by atoms with Gasteiger partial charge in [0, 0.05) is 15.4 Å². The highest BCUT2D eigenvalue weighted by Gasteiger charge is 2.37. The summed E-state index contributed by atoms with van der Waals surface area (Å²) in [5.41, 5.74) is 1.24. The lowest BCUT2D eigenvalue weighted by Gasteiger charge is -2.29. The molecule has 1 aromatic heterocycles. The first-order valence-electron chi connectivity index (χ1n) is 8.78. The highest BCUT2D eigenvalue weighted by Crippen LogP contribution is 2.38. The van der Waals surface area contributed by atoms with Gasteiger partial charge in [0.05, 0.1) is 16.7 Å². The number of fused-ring (bicyclic) bond motifs is 1. The highest BCUT2D eigenvalue weighted by molar-refractivity contribution is 9.10. The summed E-state index contributed by atoms with van der Waals surface area (Å²) >= 11 is 11.1. The monoisotopic (exact) mass is 477 g/mol. The lowest BCUT2D eigenvalue weighted by molar-refractivity contribution is -0.117. The zero-order chi connectivity index (χ0) is 20.0. The van der Waals surface area contributed by atoms with Crippen molar-refractivity contribution in [2.75, 3.05) is 10.8 Å². The third-order valence-electron chi connectivity index (χ3n) is 4.54. The number of aromatic nitrogens is 2. The molecule has 1 fully saturated rings. The second-order valence-corrected chi connectivity index (χ2v) is 9.28. The summed E-state index contributed by atoms with van der Waals surface area (Å²) in [6.45, 7) is 3.93. The van der Waals surface area contributed by atoms with Crippen molar-refractivity contribution < 1.29 is 4.79 Å². The molecular weight excluding hydrogens is 462 g/mol. The molecule has 0 bridgehead atoms. The van der Waals surface area contributed by atoms with Crippen molar-refractivity contribution in [2.24, 2.45) is 0 Å². The van der Waals surface area contributed by atoms with Crippen molar-refractivity contribution in [3.63, 3.8) is 0 Å². The number of rotatable bonds is 3. The first kappa shape index (κ1) is 19.5. The van der Waals surface area contributed by atoms with Crippen molar-refractivity contribution in [3.05, 3.63) is 73.7 Å². The Kier molecular flexibility index (Phi) is 5.24. The Morgan fingerprint density at radius 3 is 2.71 bits per heavy atom. The average Bonchev–Trinajstić information content (AvgIpc) is 3.03. The second-order valence-electron chi connectivity index (χ2n) is 6.86. The summed E-state index contributed by atoms with van der Waals surface area (Å²) in [5.74, 6) is 0.675. The van der Waals surface area contributed by atoms with E-state index < -0.39 is 0 Å². The summed E-state index contributed by atoms with van der Waals surface area (Å²) in [4.78, 5) is 31.0. The summed E-state index contributed by atoms with van der Waals surface area (Å²) < 4.78 is 2.24. The van der Waals surface area contributed by atoms with Crippen molar-refractivity contribution in [1.29, 1.82) is 0 Å². The predicted octanol–water partition coefficient (Wildman–Crippen LogP) is 4.85. The molecular formula is C20H17BrClN3O2S. The van der Waals surface area contributed by atoms with E-state index in [0.717, 1.165) is 10.0 Å². The standard InChI is InChI=1S/C20H17BrClN3O2S/c1-11(2)18-23-16-7-6-13(21)9-15(16)19(27)25(18)24-17(26)10-28-20(24)12-4-3-5-14(22)8-12/h3-9,11,20H,10H2,1-2H3. The van der Waals surface area contributed by atoms with Crippen LogP contribution in [0.25, 0.3) is 10.9 Å². The van der Waals surface area contributed by atoms with Crippen LogP contribution in [0.4, 0.5) is 0 Å². The van der Waals surface area contributed by atoms with Gasteiger partial charge in [-0.1, -0.05) is 53.5 Å². The topological polar surface area (TPSA) is 55.2 Å². The van der Waals surface area contributed by atoms with E-state index in [2.05, 4.69) is 15.9 Å². The van der Waals surface area contributed by atoms with Gasteiger partial charge in [0.1, 0.15) is 11.2 Å². The fraction of sp³-hybridized carbons (Fsp3) is 0.250. The molecule has 4 rings (SSSR count). The Labute approximate surface area is 179 Å².